The monoisotopic (exact) mass is 214 g/mol. The Bertz CT molecular complexity index is 310. The minimum absolute atomic E-state index is 0.128. The summed E-state index contributed by atoms with van der Waals surface area (Å²) in [7, 11) is 0. The van der Waals surface area contributed by atoms with Gasteiger partial charge in [0.15, 0.2) is 0 Å². The zero-order valence-corrected chi connectivity index (χ0v) is 9.38. The Hall–Kier alpha value is -0.730. The molecular formula is C11H15ClO2. The van der Waals surface area contributed by atoms with E-state index in [-0.39, 0.29) is 18.0 Å². The smallest absolute Gasteiger partial charge is 0.121 e. The Kier molecular flexibility index (Phi) is 3.78. The van der Waals surface area contributed by atoms with E-state index in [1.807, 2.05) is 20.8 Å². The summed E-state index contributed by atoms with van der Waals surface area (Å²) in [6.45, 7) is 5.81. The van der Waals surface area contributed by atoms with E-state index in [1.54, 1.807) is 18.2 Å². The third-order valence-electron chi connectivity index (χ3n) is 1.90. The van der Waals surface area contributed by atoms with Gasteiger partial charge < -0.3 is 9.84 Å². The summed E-state index contributed by atoms with van der Waals surface area (Å²) in [5.74, 6) is 0.225. The van der Waals surface area contributed by atoms with E-state index in [4.69, 9.17) is 16.3 Å². The SMILES string of the molecule is CC(C)OC(C)c1cc(Cl)ccc1O. The number of hydrogen-bond acceptors (Lipinski definition) is 2. The van der Waals surface area contributed by atoms with Crippen LogP contribution in [0.4, 0.5) is 0 Å². The second kappa shape index (κ2) is 4.67. The van der Waals surface area contributed by atoms with Crippen LogP contribution < -0.4 is 0 Å². The van der Waals surface area contributed by atoms with Crippen molar-refractivity contribution in [2.45, 2.75) is 33.0 Å². The van der Waals surface area contributed by atoms with E-state index in [2.05, 4.69) is 0 Å². The first-order valence-electron chi connectivity index (χ1n) is 4.64. The van der Waals surface area contributed by atoms with E-state index in [0.29, 0.717) is 5.02 Å². The minimum atomic E-state index is -0.145. The molecule has 1 unspecified atom stereocenters. The molecule has 0 amide bonds. The Balaban J connectivity index is 2.88. The van der Waals surface area contributed by atoms with Gasteiger partial charge in [-0.15, -0.1) is 0 Å². The summed E-state index contributed by atoms with van der Waals surface area (Å²) in [4.78, 5) is 0. The molecule has 0 fully saturated rings. The van der Waals surface area contributed by atoms with Crippen LogP contribution in [0.25, 0.3) is 0 Å². The highest BCUT2D eigenvalue weighted by Gasteiger charge is 2.12. The predicted octanol–water partition coefficient (Wildman–Crippen LogP) is 3.53. The van der Waals surface area contributed by atoms with Crippen molar-refractivity contribution >= 4 is 11.6 Å². The third-order valence-corrected chi connectivity index (χ3v) is 2.14. The molecule has 2 nitrogen and oxygen atoms in total. The first-order valence-corrected chi connectivity index (χ1v) is 5.02. The topological polar surface area (TPSA) is 29.5 Å². The fraction of sp³-hybridized carbons (Fsp3) is 0.455. The molecule has 0 aromatic heterocycles. The van der Waals surface area contributed by atoms with Crippen LogP contribution in [-0.4, -0.2) is 11.2 Å². The lowest BCUT2D eigenvalue weighted by molar-refractivity contribution is 0.0167. The molecule has 0 aliphatic carbocycles. The van der Waals surface area contributed by atoms with E-state index in [0.717, 1.165) is 5.56 Å². The van der Waals surface area contributed by atoms with Crippen LogP contribution >= 0.6 is 11.6 Å². The zero-order valence-electron chi connectivity index (χ0n) is 8.62. The van der Waals surface area contributed by atoms with E-state index < -0.39 is 0 Å². The van der Waals surface area contributed by atoms with Gasteiger partial charge >= 0.3 is 0 Å². The second-order valence-electron chi connectivity index (χ2n) is 3.53. The van der Waals surface area contributed by atoms with Crippen LogP contribution in [0.3, 0.4) is 0 Å². The van der Waals surface area contributed by atoms with Gasteiger partial charge in [-0.2, -0.15) is 0 Å². The lowest BCUT2D eigenvalue weighted by Crippen LogP contribution is -2.07. The first-order chi connectivity index (χ1) is 6.50. The van der Waals surface area contributed by atoms with Crippen LogP contribution in [0, 0.1) is 0 Å². The average Bonchev–Trinajstić information content (AvgIpc) is 2.08. The van der Waals surface area contributed by atoms with Gasteiger partial charge in [0.1, 0.15) is 5.75 Å². The summed E-state index contributed by atoms with van der Waals surface area (Å²) in [6.07, 6.45) is -0.0166. The van der Waals surface area contributed by atoms with Crippen molar-refractivity contribution in [2.24, 2.45) is 0 Å². The van der Waals surface area contributed by atoms with Crippen LogP contribution in [-0.2, 0) is 4.74 Å². The molecule has 3 heteroatoms. The van der Waals surface area contributed by atoms with Crippen molar-refractivity contribution in [3.05, 3.63) is 28.8 Å². The van der Waals surface area contributed by atoms with Crippen molar-refractivity contribution in [3.63, 3.8) is 0 Å². The van der Waals surface area contributed by atoms with Crippen molar-refractivity contribution in [1.82, 2.24) is 0 Å². The Morgan fingerprint density at radius 1 is 1.29 bits per heavy atom. The maximum absolute atomic E-state index is 9.58. The van der Waals surface area contributed by atoms with Gasteiger partial charge in [-0.3, -0.25) is 0 Å². The van der Waals surface area contributed by atoms with Crippen LogP contribution in [0.5, 0.6) is 5.75 Å². The summed E-state index contributed by atoms with van der Waals surface area (Å²) in [5, 5.41) is 10.2. The van der Waals surface area contributed by atoms with Crippen molar-refractivity contribution < 1.29 is 9.84 Å². The minimum Gasteiger partial charge on any atom is -0.508 e. The van der Waals surface area contributed by atoms with E-state index in [9.17, 15) is 5.11 Å². The molecule has 78 valence electrons. The molecule has 1 aromatic carbocycles. The molecule has 1 aromatic rings. The van der Waals surface area contributed by atoms with Gasteiger partial charge in [0.05, 0.1) is 12.2 Å². The van der Waals surface area contributed by atoms with Crippen molar-refractivity contribution in [3.8, 4) is 5.75 Å². The number of benzene rings is 1. The average molecular weight is 215 g/mol. The molecule has 0 aliphatic heterocycles. The number of hydrogen-bond donors (Lipinski definition) is 1. The molecule has 0 bridgehead atoms. The molecule has 1 atom stereocenters. The highest BCUT2D eigenvalue weighted by Crippen LogP contribution is 2.29. The van der Waals surface area contributed by atoms with Crippen molar-refractivity contribution in [1.29, 1.82) is 0 Å². The summed E-state index contributed by atoms with van der Waals surface area (Å²) >= 11 is 5.83. The maximum Gasteiger partial charge on any atom is 0.121 e. The Morgan fingerprint density at radius 3 is 2.50 bits per heavy atom. The van der Waals surface area contributed by atoms with Crippen LogP contribution in [0.15, 0.2) is 18.2 Å². The number of rotatable bonds is 3. The van der Waals surface area contributed by atoms with Gasteiger partial charge in [-0.1, -0.05) is 11.6 Å². The largest absolute Gasteiger partial charge is 0.508 e. The molecule has 0 radical (unpaired) electrons. The molecule has 0 saturated heterocycles. The number of phenols is 1. The van der Waals surface area contributed by atoms with Gasteiger partial charge in [0.25, 0.3) is 0 Å². The number of aromatic hydroxyl groups is 1. The standard InChI is InChI=1S/C11H15ClO2/c1-7(2)14-8(3)10-6-9(12)4-5-11(10)13/h4-8,13H,1-3H3. The fourth-order valence-corrected chi connectivity index (χ4v) is 1.51. The predicted molar refractivity (Wildman–Crippen MR) is 57.8 cm³/mol. The lowest BCUT2D eigenvalue weighted by Gasteiger charge is -2.17. The normalized spacial score (nSPS) is 13.2. The second-order valence-corrected chi connectivity index (χ2v) is 3.97. The number of halogens is 1. The van der Waals surface area contributed by atoms with Gasteiger partial charge in [0.2, 0.25) is 0 Å². The van der Waals surface area contributed by atoms with Gasteiger partial charge in [-0.05, 0) is 39.0 Å². The van der Waals surface area contributed by atoms with Gasteiger partial charge in [-0.25, -0.2) is 0 Å². The van der Waals surface area contributed by atoms with Crippen LogP contribution in [0.1, 0.15) is 32.4 Å². The maximum atomic E-state index is 9.58. The lowest BCUT2D eigenvalue weighted by atomic mass is 10.1. The molecule has 1 N–H and O–H groups in total. The molecular weight excluding hydrogens is 200 g/mol. The molecule has 0 heterocycles. The zero-order chi connectivity index (χ0) is 10.7. The Labute approximate surface area is 89.5 Å². The van der Waals surface area contributed by atoms with E-state index >= 15 is 0 Å². The molecule has 0 spiro atoms. The Morgan fingerprint density at radius 2 is 1.93 bits per heavy atom. The summed E-state index contributed by atoms with van der Waals surface area (Å²) < 4.78 is 5.55. The quantitative estimate of drug-likeness (QED) is 0.834. The first kappa shape index (κ1) is 11.3. The molecule has 14 heavy (non-hydrogen) atoms. The highest BCUT2D eigenvalue weighted by atomic mass is 35.5. The molecule has 1 rings (SSSR count). The van der Waals surface area contributed by atoms with E-state index in [1.165, 1.54) is 0 Å². The number of phenolic OH excluding ortho intramolecular Hbond substituents is 1. The molecule has 0 aliphatic rings. The van der Waals surface area contributed by atoms with Gasteiger partial charge in [0, 0.05) is 10.6 Å². The van der Waals surface area contributed by atoms with Crippen LogP contribution in [0.2, 0.25) is 5.02 Å². The summed E-state index contributed by atoms with van der Waals surface area (Å²) in [6, 6.07) is 4.96. The molecule has 0 saturated carbocycles. The number of ether oxygens (including phenoxy) is 1. The van der Waals surface area contributed by atoms with Crippen molar-refractivity contribution in [2.75, 3.05) is 0 Å². The fourth-order valence-electron chi connectivity index (χ4n) is 1.33. The highest BCUT2D eigenvalue weighted by molar-refractivity contribution is 6.30. The summed E-state index contributed by atoms with van der Waals surface area (Å²) in [5.41, 5.74) is 0.728. The third kappa shape index (κ3) is 2.89.